The summed E-state index contributed by atoms with van der Waals surface area (Å²) in [5.74, 6) is 5.32. The molecule has 0 aliphatic heterocycles. The third-order valence-electron chi connectivity index (χ3n) is 21.2. The van der Waals surface area contributed by atoms with E-state index in [2.05, 4.69) is 150 Å². The van der Waals surface area contributed by atoms with Crippen molar-refractivity contribution < 1.29 is 0 Å². The second kappa shape index (κ2) is 25.1. The molecule has 10 rings (SSSR count). The highest BCUT2D eigenvalue weighted by molar-refractivity contribution is 7.84. The summed E-state index contributed by atoms with van der Waals surface area (Å²) < 4.78 is 0. The van der Waals surface area contributed by atoms with Crippen LogP contribution < -0.4 is 0 Å². The van der Waals surface area contributed by atoms with Gasteiger partial charge in [-0.15, -0.1) is 19.2 Å². The van der Waals surface area contributed by atoms with E-state index in [4.69, 9.17) is 25.3 Å². The molecule has 0 aromatic carbocycles. The van der Waals surface area contributed by atoms with Crippen LogP contribution in [-0.2, 0) is 0 Å². The Balaban J connectivity index is 0.987. The molecule has 0 saturated heterocycles. The van der Waals surface area contributed by atoms with Crippen molar-refractivity contribution in [2.24, 2.45) is 58.2 Å². The lowest BCUT2D eigenvalue weighted by Gasteiger charge is -2.60. The summed E-state index contributed by atoms with van der Waals surface area (Å²) in [7, 11) is 0. The fraction of sp³-hybridized carbons (Fsp3) is 0.562. The van der Waals surface area contributed by atoms with Crippen molar-refractivity contribution in [3.8, 4) is 0 Å². The molecule has 0 heterocycles. The van der Waals surface area contributed by atoms with Crippen molar-refractivity contribution in [1.82, 2.24) is 0 Å². The third-order valence-corrected chi connectivity index (χ3v) is 22.1. The topological polar surface area (TPSA) is 0 Å². The molecule has 0 amide bonds. The first-order valence-corrected chi connectivity index (χ1v) is 31.9. The van der Waals surface area contributed by atoms with Crippen LogP contribution in [0.25, 0.3) is 0 Å². The van der Waals surface area contributed by atoms with Crippen molar-refractivity contribution >= 4 is 25.3 Å². The van der Waals surface area contributed by atoms with Crippen LogP contribution >= 0.6 is 25.3 Å². The maximum atomic E-state index is 5.18. The zero-order chi connectivity index (χ0) is 51.9. The quantitative estimate of drug-likeness (QED) is 0.0617. The lowest BCUT2D eigenvalue weighted by molar-refractivity contribution is 0.0726. The molecule has 0 aromatic rings. The van der Waals surface area contributed by atoms with Gasteiger partial charge >= 0.3 is 0 Å². The molecule has 1 saturated carbocycles. The molecule has 0 radical (unpaired) electrons. The minimum Gasteiger partial charge on any atom is -0.171 e. The van der Waals surface area contributed by atoms with Gasteiger partial charge in [-0.3, -0.25) is 0 Å². The highest BCUT2D eigenvalue weighted by Crippen LogP contribution is 2.75. The Hall–Kier alpha value is -3.46. The molecular formula is C73H96S2. The number of hydrogen-bond acceptors (Lipinski definition) is 2. The number of thiol groups is 2. The highest BCUT2D eigenvalue weighted by atomic mass is 32.1. The molecule has 0 N–H and O–H groups in total. The SMILES string of the molecule is C=CCC/C=C1\CC2=C(CCC=C2)C12CC(C/C=C\C)C1(C3=C(C=CCC3)C3CC=CCC31)C1=C2CC(C2C/C(=C\C=C/C)C(C(C)C/C=C(\C)C(S)C/C=C/C(S)=C/CCC3C=CCCC3)=C3CCCCC32)CC1. The van der Waals surface area contributed by atoms with Crippen molar-refractivity contribution in [3.05, 3.63) is 188 Å². The van der Waals surface area contributed by atoms with Gasteiger partial charge in [-0.1, -0.05) is 168 Å². The first kappa shape index (κ1) is 54.9. The second-order valence-electron chi connectivity index (χ2n) is 25.1. The average molecular weight is 1040 g/mol. The van der Waals surface area contributed by atoms with Crippen LogP contribution in [0.15, 0.2) is 188 Å². The monoisotopic (exact) mass is 1040 g/mol. The summed E-state index contributed by atoms with van der Waals surface area (Å²) in [5.41, 5.74) is 19.8. The number of hydrogen-bond donors (Lipinski definition) is 2. The molecule has 0 nitrogen and oxygen atoms in total. The van der Waals surface area contributed by atoms with Gasteiger partial charge in [0.05, 0.1) is 0 Å². The van der Waals surface area contributed by atoms with E-state index < -0.39 is 0 Å². The lowest BCUT2D eigenvalue weighted by Crippen LogP contribution is -2.51. The first-order valence-electron chi connectivity index (χ1n) is 30.9. The lowest BCUT2D eigenvalue weighted by atomic mass is 9.43. The molecule has 11 atom stereocenters. The van der Waals surface area contributed by atoms with E-state index in [1.807, 2.05) is 27.9 Å². The summed E-state index contributed by atoms with van der Waals surface area (Å²) in [5, 5.41) is 0.220. The van der Waals surface area contributed by atoms with Crippen LogP contribution in [0, 0.1) is 58.2 Å². The summed E-state index contributed by atoms with van der Waals surface area (Å²) in [6.45, 7) is 13.6. The van der Waals surface area contributed by atoms with Gasteiger partial charge in [-0.05, 0) is 256 Å². The third kappa shape index (κ3) is 10.9. The van der Waals surface area contributed by atoms with Crippen LogP contribution in [0.2, 0.25) is 0 Å². The van der Waals surface area contributed by atoms with Crippen molar-refractivity contribution in [3.63, 3.8) is 0 Å². The summed E-state index contributed by atoms with van der Waals surface area (Å²) in [6, 6.07) is 0. The summed E-state index contributed by atoms with van der Waals surface area (Å²) in [6.07, 6.45) is 78.9. The van der Waals surface area contributed by atoms with Crippen LogP contribution in [-0.4, -0.2) is 5.25 Å². The van der Waals surface area contributed by atoms with Crippen molar-refractivity contribution in [2.75, 3.05) is 0 Å². The standard InChI is InChI=1S/C73H96S2/c1-6-9-13-32-57-47-55-30-16-21-39-65(55)72(57)50-58(31-11-8-3)73(66-40-22-19-36-61(66)62-37-20-23-41-67(62)73)68-46-45-54(49-69(68)72)64-48-56(29-10-7-2)71(63-38-18-17-35-60(63)64)52(5)44-43-51(4)70(75)42-25-34-59(74)33-24-28-53-26-14-12-15-27-53/h6-8,10-11,14,16,19-20,22,25-26,29-30,32-34,37,43,52-54,58,60-61,64,66,70,74-75H,1,9,12-13,15,17-18,21,23-24,27-28,31,35-36,38-42,44-50H2,2-5H3/b10-7-,11-8-,34-25+,51-43+,56-29+,57-32+,59-33-. The van der Waals surface area contributed by atoms with Gasteiger partial charge in [0, 0.05) is 16.1 Å². The Bertz CT molecular complexity index is 2610. The number of rotatable bonds is 17. The molecule has 75 heavy (non-hydrogen) atoms. The molecular weight excluding hydrogens is 941 g/mol. The fourth-order valence-corrected chi connectivity index (χ4v) is 18.5. The molecule has 0 bridgehead atoms. The highest BCUT2D eigenvalue weighted by Gasteiger charge is 2.65. The molecule has 1 fully saturated rings. The smallest absolute Gasteiger partial charge is 0.0345 e. The van der Waals surface area contributed by atoms with Gasteiger partial charge < -0.3 is 0 Å². The van der Waals surface area contributed by atoms with Gasteiger partial charge in [-0.2, -0.15) is 12.6 Å². The largest absolute Gasteiger partial charge is 0.171 e. The van der Waals surface area contributed by atoms with E-state index in [-0.39, 0.29) is 16.1 Å². The van der Waals surface area contributed by atoms with E-state index in [0.717, 1.165) is 49.3 Å². The van der Waals surface area contributed by atoms with Crippen molar-refractivity contribution in [1.29, 1.82) is 0 Å². The Morgan fingerprint density at radius 3 is 2.48 bits per heavy atom. The van der Waals surface area contributed by atoms with E-state index in [1.165, 1.54) is 134 Å². The summed E-state index contributed by atoms with van der Waals surface area (Å²) in [4.78, 5) is 1.09. The predicted molar refractivity (Wildman–Crippen MR) is 332 cm³/mol. The van der Waals surface area contributed by atoms with Gasteiger partial charge in [0.25, 0.3) is 0 Å². The minimum atomic E-state index is 0.0620. The minimum absolute atomic E-state index is 0.0620. The van der Waals surface area contributed by atoms with E-state index in [0.29, 0.717) is 41.4 Å². The zero-order valence-electron chi connectivity index (χ0n) is 47.2. The Morgan fingerprint density at radius 2 is 1.65 bits per heavy atom. The van der Waals surface area contributed by atoms with Crippen LogP contribution in [0.3, 0.4) is 0 Å². The zero-order valence-corrected chi connectivity index (χ0v) is 48.9. The normalized spacial score (nSPS) is 34.8. The van der Waals surface area contributed by atoms with Gasteiger partial charge in [-0.25, -0.2) is 0 Å². The summed E-state index contributed by atoms with van der Waals surface area (Å²) >= 11 is 10.0. The van der Waals surface area contributed by atoms with Crippen molar-refractivity contribution in [2.45, 2.75) is 200 Å². The number of allylic oxidation sites excluding steroid dienone is 29. The van der Waals surface area contributed by atoms with E-state index >= 15 is 0 Å². The van der Waals surface area contributed by atoms with E-state index in [9.17, 15) is 0 Å². The number of fused-ring (bicyclic) bond motifs is 8. The van der Waals surface area contributed by atoms with E-state index in [1.54, 1.807) is 27.9 Å². The van der Waals surface area contributed by atoms with Gasteiger partial charge in [0.1, 0.15) is 0 Å². The van der Waals surface area contributed by atoms with Gasteiger partial charge in [0.15, 0.2) is 0 Å². The Morgan fingerprint density at radius 1 is 0.800 bits per heavy atom. The molecule has 2 heteroatoms. The average Bonchev–Trinajstić information content (AvgIpc) is 4.10. The fourth-order valence-electron chi connectivity index (χ4n) is 18.0. The molecule has 10 aliphatic carbocycles. The second-order valence-corrected chi connectivity index (χ2v) is 26.3. The Kier molecular flexibility index (Phi) is 18.4. The maximum Gasteiger partial charge on any atom is 0.0345 e. The number of unbranched alkanes of at least 4 members (excludes halogenated alkanes) is 1. The van der Waals surface area contributed by atoms with Crippen LogP contribution in [0.4, 0.5) is 0 Å². The molecule has 2 spiro atoms. The molecule has 400 valence electrons. The molecule has 10 aliphatic rings. The first-order chi connectivity index (χ1) is 36.7. The van der Waals surface area contributed by atoms with Crippen LogP contribution in [0.1, 0.15) is 195 Å². The Labute approximate surface area is 468 Å². The van der Waals surface area contributed by atoms with Gasteiger partial charge in [0.2, 0.25) is 0 Å². The molecule has 11 unspecified atom stereocenters. The molecule has 0 aromatic heterocycles. The predicted octanol–water partition coefficient (Wildman–Crippen LogP) is 21.4. The van der Waals surface area contributed by atoms with Crippen LogP contribution in [0.5, 0.6) is 0 Å². The maximum absolute atomic E-state index is 5.18.